The summed E-state index contributed by atoms with van der Waals surface area (Å²) in [5, 5.41) is 7.81. The molecule has 0 saturated carbocycles. The number of ether oxygens (including phenoxy) is 1. The zero-order valence-corrected chi connectivity index (χ0v) is 21.0. The van der Waals surface area contributed by atoms with E-state index in [9.17, 15) is 4.79 Å². The SMILES string of the molecule is CCOc1cc(-c2ccc3ncc(-c4cccc(C(=O)NCCN(C)C)c4)n3n2)ccc1I. The summed E-state index contributed by atoms with van der Waals surface area (Å²) in [7, 11) is 3.96. The van der Waals surface area contributed by atoms with Crippen LogP contribution in [0.3, 0.4) is 0 Å². The zero-order valence-electron chi connectivity index (χ0n) is 18.9. The molecule has 170 valence electrons. The fourth-order valence-electron chi connectivity index (χ4n) is 3.47. The molecule has 2 aromatic carbocycles. The van der Waals surface area contributed by atoms with Crippen molar-refractivity contribution in [2.75, 3.05) is 33.8 Å². The average Bonchev–Trinajstić information content (AvgIpc) is 3.24. The largest absolute Gasteiger partial charge is 0.493 e. The minimum Gasteiger partial charge on any atom is -0.493 e. The molecule has 0 bridgehead atoms. The molecule has 7 nitrogen and oxygen atoms in total. The summed E-state index contributed by atoms with van der Waals surface area (Å²) in [6.45, 7) is 3.96. The molecule has 0 atom stereocenters. The second-order valence-corrected chi connectivity index (χ2v) is 9.01. The van der Waals surface area contributed by atoms with Crippen molar-refractivity contribution in [3.63, 3.8) is 0 Å². The van der Waals surface area contributed by atoms with E-state index in [1.165, 1.54) is 0 Å². The van der Waals surface area contributed by atoms with Crippen LogP contribution in [0.4, 0.5) is 0 Å². The molecular formula is C25H26IN5O2. The smallest absolute Gasteiger partial charge is 0.251 e. The van der Waals surface area contributed by atoms with Crippen molar-refractivity contribution in [2.24, 2.45) is 0 Å². The first-order valence-corrected chi connectivity index (χ1v) is 11.8. The molecular weight excluding hydrogens is 529 g/mol. The number of nitrogens with zero attached hydrogens (tertiary/aromatic N) is 4. The van der Waals surface area contributed by atoms with E-state index in [-0.39, 0.29) is 5.91 Å². The van der Waals surface area contributed by atoms with Crippen LogP contribution in [-0.2, 0) is 0 Å². The average molecular weight is 555 g/mol. The van der Waals surface area contributed by atoms with E-state index < -0.39 is 0 Å². The number of halogens is 1. The number of fused-ring (bicyclic) bond motifs is 1. The highest BCUT2D eigenvalue weighted by molar-refractivity contribution is 14.1. The Morgan fingerprint density at radius 3 is 2.76 bits per heavy atom. The summed E-state index contributed by atoms with van der Waals surface area (Å²) >= 11 is 2.27. The Kier molecular flexibility index (Phi) is 7.24. The lowest BCUT2D eigenvalue weighted by atomic mass is 10.1. The number of hydrogen-bond acceptors (Lipinski definition) is 5. The fourth-order valence-corrected chi connectivity index (χ4v) is 3.96. The normalized spacial score (nSPS) is 11.2. The van der Waals surface area contributed by atoms with E-state index in [4.69, 9.17) is 9.84 Å². The third-order valence-corrected chi connectivity index (χ3v) is 6.05. The van der Waals surface area contributed by atoms with Crippen LogP contribution in [0.2, 0.25) is 0 Å². The van der Waals surface area contributed by atoms with Gasteiger partial charge < -0.3 is 15.0 Å². The number of carbonyl (C=O) groups excluding carboxylic acids is 1. The number of carbonyl (C=O) groups is 1. The van der Waals surface area contributed by atoms with Crippen LogP contribution in [0.25, 0.3) is 28.2 Å². The van der Waals surface area contributed by atoms with Gasteiger partial charge in [0.05, 0.1) is 27.8 Å². The van der Waals surface area contributed by atoms with Crippen LogP contribution in [0.1, 0.15) is 17.3 Å². The van der Waals surface area contributed by atoms with Crippen molar-refractivity contribution in [3.8, 4) is 28.3 Å². The molecule has 2 heterocycles. The highest BCUT2D eigenvalue weighted by Crippen LogP contribution is 2.29. The minimum absolute atomic E-state index is 0.0940. The highest BCUT2D eigenvalue weighted by Gasteiger charge is 2.13. The van der Waals surface area contributed by atoms with Gasteiger partial charge in [-0.2, -0.15) is 5.10 Å². The standard InChI is InChI=1S/C25H26IN5O2/c1-4-33-23-15-17(8-9-20(23)26)21-10-11-24-28-16-22(31(24)29-21)18-6-5-7-19(14-18)25(32)27-12-13-30(2)3/h5-11,14-16H,4,12-13H2,1-3H3,(H,27,32). The van der Waals surface area contributed by atoms with Crippen molar-refractivity contribution in [1.82, 2.24) is 24.8 Å². The van der Waals surface area contributed by atoms with E-state index in [0.717, 1.165) is 44.0 Å². The van der Waals surface area contributed by atoms with Crippen molar-refractivity contribution in [2.45, 2.75) is 6.92 Å². The topological polar surface area (TPSA) is 71.8 Å². The molecule has 0 aliphatic carbocycles. The lowest BCUT2D eigenvalue weighted by molar-refractivity contribution is 0.0951. The molecule has 1 amide bonds. The zero-order chi connectivity index (χ0) is 23.4. The van der Waals surface area contributed by atoms with Crippen molar-refractivity contribution >= 4 is 34.1 Å². The van der Waals surface area contributed by atoms with Crippen molar-refractivity contribution in [3.05, 3.63) is 69.9 Å². The molecule has 0 unspecified atom stereocenters. The molecule has 0 fully saturated rings. The summed E-state index contributed by atoms with van der Waals surface area (Å²) in [4.78, 5) is 19.1. The third kappa shape index (κ3) is 5.33. The van der Waals surface area contributed by atoms with Crippen molar-refractivity contribution < 1.29 is 9.53 Å². The van der Waals surface area contributed by atoms with Gasteiger partial charge in [0.2, 0.25) is 0 Å². The van der Waals surface area contributed by atoms with Gasteiger partial charge in [0, 0.05) is 29.8 Å². The van der Waals surface area contributed by atoms with Gasteiger partial charge in [0.25, 0.3) is 5.91 Å². The van der Waals surface area contributed by atoms with Crippen LogP contribution in [0, 0.1) is 3.57 Å². The monoisotopic (exact) mass is 555 g/mol. The molecule has 0 saturated heterocycles. The summed E-state index contributed by atoms with van der Waals surface area (Å²) in [5.41, 5.74) is 4.84. The summed E-state index contributed by atoms with van der Waals surface area (Å²) < 4.78 is 8.62. The number of imidazole rings is 1. The number of likely N-dealkylation sites (N-methyl/N-ethyl adjacent to an activating group) is 1. The Balaban J connectivity index is 1.66. The van der Waals surface area contributed by atoms with E-state index in [1.54, 1.807) is 6.20 Å². The lowest BCUT2D eigenvalue weighted by Gasteiger charge is -2.11. The fraction of sp³-hybridized carbons (Fsp3) is 0.240. The number of benzene rings is 2. The van der Waals surface area contributed by atoms with Gasteiger partial charge in [-0.05, 0) is 80.0 Å². The second kappa shape index (κ2) is 10.3. The Hall–Kier alpha value is -2.98. The molecule has 0 spiro atoms. The number of aromatic nitrogens is 3. The van der Waals surface area contributed by atoms with Gasteiger partial charge in [-0.3, -0.25) is 4.79 Å². The first-order valence-electron chi connectivity index (χ1n) is 10.8. The summed E-state index contributed by atoms with van der Waals surface area (Å²) in [6.07, 6.45) is 1.79. The van der Waals surface area contributed by atoms with Gasteiger partial charge in [0.15, 0.2) is 5.65 Å². The molecule has 2 aromatic heterocycles. The van der Waals surface area contributed by atoms with E-state index in [0.29, 0.717) is 18.7 Å². The van der Waals surface area contributed by atoms with Crippen LogP contribution < -0.4 is 10.1 Å². The van der Waals surface area contributed by atoms with E-state index in [2.05, 4.69) is 32.9 Å². The predicted octanol–water partition coefficient (Wildman–Crippen LogP) is 4.36. The summed E-state index contributed by atoms with van der Waals surface area (Å²) in [5.74, 6) is 0.750. The molecule has 33 heavy (non-hydrogen) atoms. The van der Waals surface area contributed by atoms with Crippen LogP contribution in [0.15, 0.2) is 60.8 Å². The van der Waals surface area contributed by atoms with Gasteiger partial charge in [0.1, 0.15) is 5.75 Å². The molecule has 4 aromatic rings. The van der Waals surface area contributed by atoms with Gasteiger partial charge in [-0.1, -0.05) is 18.2 Å². The second-order valence-electron chi connectivity index (χ2n) is 7.85. The number of hydrogen-bond donors (Lipinski definition) is 1. The minimum atomic E-state index is -0.0940. The Morgan fingerprint density at radius 2 is 1.97 bits per heavy atom. The van der Waals surface area contributed by atoms with Gasteiger partial charge in [-0.15, -0.1) is 0 Å². The maximum Gasteiger partial charge on any atom is 0.251 e. The first-order chi connectivity index (χ1) is 16.0. The summed E-state index contributed by atoms with van der Waals surface area (Å²) in [6, 6.07) is 17.5. The van der Waals surface area contributed by atoms with Crippen molar-refractivity contribution in [1.29, 1.82) is 0 Å². The van der Waals surface area contributed by atoms with Crippen LogP contribution in [-0.4, -0.2) is 59.2 Å². The van der Waals surface area contributed by atoms with E-state index >= 15 is 0 Å². The maximum absolute atomic E-state index is 12.6. The van der Waals surface area contributed by atoms with Gasteiger partial charge >= 0.3 is 0 Å². The molecule has 0 aliphatic heterocycles. The Morgan fingerprint density at radius 1 is 1.12 bits per heavy atom. The quantitative estimate of drug-likeness (QED) is 0.328. The molecule has 8 heteroatoms. The number of nitrogens with one attached hydrogen (secondary N) is 1. The molecule has 4 rings (SSSR count). The van der Waals surface area contributed by atoms with Crippen LogP contribution in [0.5, 0.6) is 5.75 Å². The first kappa shape index (κ1) is 23.2. The molecule has 0 radical (unpaired) electrons. The molecule has 0 aliphatic rings. The number of amides is 1. The Labute approximate surface area is 206 Å². The predicted molar refractivity (Wildman–Crippen MR) is 139 cm³/mol. The highest BCUT2D eigenvalue weighted by atomic mass is 127. The maximum atomic E-state index is 12.6. The third-order valence-electron chi connectivity index (χ3n) is 5.15. The Bertz CT molecular complexity index is 1290. The van der Waals surface area contributed by atoms with Crippen LogP contribution >= 0.6 is 22.6 Å². The van der Waals surface area contributed by atoms with E-state index in [1.807, 2.05) is 85.0 Å². The lowest BCUT2D eigenvalue weighted by Crippen LogP contribution is -2.31. The number of rotatable bonds is 8. The molecule has 1 N–H and O–H groups in total. The van der Waals surface area contributed by atoms with Gasteiger partial charge in [-0.25, -0.2) is 9.50 Å².